The quantitative estimate of drug-likeness (QED) is 0.849. The Morgan fingerprint density at radius 3 is 2.48 bits per heavy atom. The average Bonchev–Trinajstić information content (AvgIpc) is 2.47. The van der Waals surface area contributed by atoms with Gasteiger partial charge in [-0.3, -0.25) is 0 Å². The lowest BCUT2D eigenvalue weighted by Crippen LogP contribution is -2.36. The summed E-state index contributed by atoms with van der Waals surface area (Å²) in [6.45, 7) is 9.56. The smallest absolute Gasteiger partial charge is 0.162 e. The largest absolute Gasteiger partial charge is 0.378 e. The Morgan fingerprint density at radius 2 is 1.76 bits per heavy atom. The van der Waals surface area contributed by atoms with Crippen molar-refractivity contribution in [2.24, 2.45) is 0 Å². The Labute approximate surface area is 125 Å². The molecule has 2 aromatic rings. The van der Waals surface area contributed by atoms with Crippen LogP contribution in [0.3, 0.4) is 0 Å². The van der Waals surface area contributed by atoms with Gasteiger partial charge in [-0.05, 0) is 26.3 Å². The van der Waals surface area contributed by atoms with Crippen LogP contribution in [-0.4, -0.2) is 36.3 Å². The van der Waals surface area contributed by atoms with Crippen molar-refractivity contribution in [1.29, 1.82) is 0 Å². The number of anilines is 1. The Kier molecular flexibility index (Phi) is 3.88. The van der Waals surface area contributed by atoms with E-state index in [1.807, 2.05) is 6.92 Å². The van der Waals surface area contributed by atoms with Crippen LogP contribution in [0.2, 0.25) is 0 Å². The third-order valence-corrected chi connectivity index (χ3v) is 3.80. The van der Waals surface area contributed by atoms with Gasteiger partial charge in [0, 0.05) is 30.4 Å². The number of aromatic nitrogens is 2. The zero-order valence-corrected chi connectivity index (χ0v) is 12.9. The molecular formula is C17H21N3O. The molecule has 0 saturated carbocycles. The van der Waals surface area contributed by atoms with Crippen LogP contribution >= 0.6 is 0 Å². The number of morpholine rings is 1. The minimum Gasteiger partial charge on any atom is -0.378 e. The molecule has 0 atom stereocenters. The van der Waals surface area contributed by atoms with Gasteiger partial charge in [0.1, 0.15) is 5.82 Å². The minimum atomic E-state index is 0.766. The van der Waals surface area contributed by atoms with Crippen LogP contribution in [0.4, 0.5) is 5.82 Å². The molecular weight excluding hydrogens is 262 g/mol. The zero-order chi connectivity index (χ0) is 14.8. The van der Waals surface area contributed by atoms with Crippen molar-refractivity contribution in [1.82, 2.24) is 9.97 Å². The molecule has 1 aliphatic heterocycles. The van der Waals surface area contributed by atoms with Crippen molar-refractivity contribution >= 4 is 5.82 Å². The average molecular weight is 283 g/mol. The second-order valence-corrected chi connectivity index (χ2v) is 5.61. The van der Waals surface area contributed by atoms with E-state index in [9.17, 15) is 0 Å². The predicted octanol–water partition coefficient (Wildman–Crippen LogP) is 2.91. The van der Waals surface area contributed by atoms with E-state index >= 15 is 0 Å². The van der Waals surface area contributed by atoms with Gasteiger partial charge in [0.25, 0.3) is 0 Å². The molecule has 110 valence electrons. The number of ether oxygens (including phenoxy) is 1. The highest BCUT2D eigenvalue weighted by atomic mass is 16.5. The maximum absolute atomic E-state index is 5.41. The number of hydrogen-bond acceptors (Lipinski definition) is 4. The van der Waals surface area contributed by atoms with Gasteiger partial charge in [0.05, 0.1) is 13.2 Å². The van der Waals surface area contributed by atoms with Crippen LogP contribution < -0.4 is 4.90 Å². The third-order valence-electron chi connectivity index (χ3n) is 3.80. The van der Waals surface area contributed by atoms with Crippen LogP contribution in [0, 0.1) is 20.8 Å². The van der Waals surface area contributed by atoms with E-state index in [0.717, 1.165) is 49.2 Å². The van der Waals surface area contributed by atoms with Gasteiger partial charge in [-0.2, -0.15) is 0 Å². The highest BCUT2D eigenvalue weighted by Crippen LogP contribution is 2.24. The Hall–Kier alpha value is -1.94. The summed E-state index contributed by atoms with van der Waals surface area (Å²) in [5, 5.41) is 0. The maximum atomic E-state index is 5.41. The molecule has 3 rings (SSSR count). The molecule has 4 nitrogen and oxygen atoms in total. The molecule has 0 bridgehead atoms. The molecule has 1 saturated heterocycles. The summed E-state index contributed by atoms with van der Waals surface area (Å²) >= 11 is 0. The van der Waals surface area contributed by atoms with Crippen LogP contribution in [-0.2, 0) is 4.74 Å². The Bertz CT molecular complexity index is 648. The molecule has 1 aliphatic rings. The van der Waals surface area contributed by atoms with Crippen molar-refractivity contribution in [3.63, 3.8) is 0 Å². The molecule has 1 aromatic heterocycles. The van der Waals surface area contributed by atoms with E-state index in [0.29, 0.717) is 0 Å². The fourth-order valence-electron chi connectivity index (χ4n) is 2.69. The van der Waals surface area contributed by atoms with Crippen molar-refractivity contribution in [2.75, 3.05) is 31.2 Å². The summed E-state index contributed by atoms with van der Waals surface area (Å²) in [5.74, 6) is 1.81. The van der Waals surface area contributed by atoms with Gasteiger partial charge in [0.2, 0.25) is 0 Å². The van der Waals surface area contributed by atoms with Gasteiger partial charge in [-0.1, -0.05) is 23.8 Å². The predicted molar refractivity (Wildman–Crippen MR) is 84.7 cm³/mol. The standard InChI is InChI=1S/C17H21N3O/c1-12-4-5-15(13(2)10-12)17-18-14(3)11-16(19-17)20-6-8-21-9-7-20/h4-5,10-11H,6-9H2,1-3H3. The second kappa shape index (κ2) is 5.82. The van der Waals surface area contributed by atoms with Crippen LogP contribution in [0.25, 0.3) is 11.4 Å². The zero-order valence-electron chi connectivity index (χ0n) is 12.9. The summed E-state index contributed by atoms with van der Waals surface area (Å²) in [4.78, 5) is 11.7. The van der Waals surface area contributed by atoms with Gasteiger partial charge >= 0.3 is 0 Å². The summed E-state index contributed by atoms with van der Waals surface area (Å²) < 4.78 is 5.41. The van der Waals surface area contributed by atoms with E-state index in [2.05, 4.69) is 48.0 Å². The molecule has 0 N–H and O–H groups in total. The summed E-state index contributed by atoms with van der Waals surface area (Å²) in [5.41, 5.74) is 4.59. The van der Waals surface area contributed by atoms with Crippen LogP contribution in [0.1, 0.15) is 16.8 Å². The topological polar surface area (TPSA) is 38.2 Å². The third kappa shape index (κ3) is 3.05. The molecule has 0 radical (unpaired) electrons. The van der Waals surface area contributed by atoms with E-state index in [4.69, 9.17) is 9.72 Å². The number of hydrogen-bond donors (Lipinski definition) is 0. The molecule has 4 heteroatoms. The Balaban J connectivity index is 2.00. The van der Waals surface area contributed by atoms with E-state index < -0.39 is 0 Å². The van der Waals surface area contributed by atoms with Crippen molar-refractivity contribution < 1.29 is 4.74 Å². The molecule has 0 aliphatic carbocycles. The minimum absolute atomic E-state index is 0.766. The lowest BCUT2D eigenvalue weighted by atomic mass is 10.1. The van der Waals surface area contributed by atoms with Crippen LogP contribution in [0.5, 0.6) is 0 Å². The highest BCUT2D eigenvalue weighted by molar-refractivity contribution is 5.62. The van der Waals surface area contributed by atoms with Crippen molar-refractivity contribution in [3.05, 3.63) is 41.1 Å². The number of aryl methyl sites for hydroxylation is 3. The maximum Gasteiger partial charge on any atom is 0.162 e. The van der Waals surface area contributed by atoms with Crippen molar-refractivity contribution in [3.8, 4) is 11.4 Å². The monoisotopic (exact) mass is 283 g/mol. The highest BCUT2D eigenvalue weighted by Gasteiger charge is 2.15. The lowest BCUT2D eigenvalue weighted by Gasteiger charge is -2.28. The van der Waals surface area contributed by atoms with Gasteiger partial charge in [-0.25, -0.2) is 9.97 Å². The molecule has 0 spiro atoms. The molecule has 0 amide bonds. The van der Waals surface area contributed by atoms with Gasteiger partial charge in [-0.15, -0.1) is 0 Å². The molecule has 1 aromatic carbocycles. The number of benzene rings is 1. The van der Waals surface area contributed by atoms with E-state index in [-0.39, 0.29) is 0 Å². The van der Waals surface area contributed by atoms with Crippen LogP contribution in [0.15, 0.2) is 24.3 Å². The first-order chi connectivity index (χ1) is 10.1. The lowest BCUT2D eigenvalue weighted by molar-refractivity contribution is 0.122. The molecule has 21 heavy (non-hydrogen) atoms. The first kappa shape index (κ1) is 14.0. The summed E-state index contributed by atoms with van der Waals surface area (Å²) in [6.07, 6.45) is 0. The first-order valence-corrected chi connectivity index (χ1v) is 7.39. The Morgan fingerprint density at radius 1 is 1.00 bits per heavy atom. The molecule has 2 heterocycles. The fourth-order valence-corrected chi connectivity index (χ4v) is 2.69. The second-order valence-electron chi connectivity index (χ2n) is 5.61. The SMILES string of the molecule is Cc1ccc(-c2nc(C)cc(N3CCOCC3)n2)c(C)c1. The van der Waals surface area contributed by atoms with E-state index in [1.165, 1.54) is 11.1 Å². The summed E-state index contributed by atoms with van der Waals surface area (Å²) in [6, 6.07) is 8.46. The summed E-state index contributed by atoms with van der Waals surface area (Å²) in [7, 11) is 0. The number of rotatable bonds is 2. The molecule has 0 unspecified atom stereocenters. The first-order valence-electron chi connectivity index (χ1n) is 7.39. The van der Waals surface area contributed by atoms with Gasteiger partial charge < -0.3 is 9.64 Å². The number of nitrogens with zero attached hydrogens (tertiary/aromatic N) is 3. The molecule has 1 fully saturated rings. The normalized spacial score (nSPS) is 15.3. The van der Waals surface area contributed by atoms with Gasteiger partial charge in [0.15, 0.2) is 5.82 Å². The fraction of sp³-hybridized carbons (Fsp3) is 0.412. The van der Waals surface area contributed by atoms with E-state index in [1.54, 1.807) is 0 Å². The van der Waals surface area contributed by atoms with Crippen molar-refractivity contribution in [2.45, 2.75) is 20.8 Å².